The van der Waals surface area contributed by atoms with Crippen LogP contribution in [0.15, 0.2) is 0 Å². The van der Waals surface area contributed by atoms with Crippen LogP contribution in [0.3, 0.4) is 0 Å². The standard InChI is InChI=1S/C9H12ClNS/c1-9(2)5-3-4-6-7(9)11-8(10)12-6/h3-5H2,1-2H3. The van der Waals surface area contributed by atoms with Crippen LogP contribution >= 0.6 is 22.9 Å². The smallest absolute Gasteiger partial charge is 0.184 e. The highest BCUT2D eigenvalue weighted by Crippen LogP contribution is 2.39. The highest BCUT2D eigenvalue weighted by atomic mass is 35.5. The summed E-state index contributed by atoms with van der Waals surface area (Å²) in [5.41, 5.74) is 1.49. The molecule has 1 aromatic rings. The molecule has 66 valence electrons. The van der Waals surface area contributed by atoms with Gasteiger partial charge < -0.3 is 0 Å². The third-order valence-electron chi connectivity index (χ3n) is 2.52. The van der Waals surface area contributed by atoms with Gasteiger partial charge in [0.1, 0.15) is 0 Å². The molecule has 12 heavy (non-hydrogen) atoms. The van der Waals surface area contributed by atoms with Gasteiger partial charge >= 0.3 is 0 Å². The van der Waals surface area contributed by atoms with E-state index in [1.807, 2.05) is 0 Å². The van der Waals surface area contributed by atoms with Crippen LogP contribution in [0.1, 0.15) is 37.3 Å². The summed E-state index contributed by atoms with van der Waals surface area (Å²) in [5, 5.41) is 0. The van der Waals surface area contributed by atoms with Crippen LogP contribution in [-0.2, 0) is 11.8 Å². The lowest BCUT2D eigenvalue weighted by Crippen LogP contribution is -2.23. The number of thiazole rings is 1. The number of hydrogen-bond donors (Lipinski definition) is 0. The second kappa shape index (κ2) is 2.71. The second-order valence-electron chi connectivity index (χ2n) is 3.98. The predicted octanol–water partition coefficient (Wildman–Crippen LogP) is 3.41. The summed E-state index contributed by atoms with van der Waals surface area (Å²) in [7, 11) is 0. The highest BCUT2D eigenvalue weighted by molar-refractivity contribution is 7.15. The Bertz CT molecular complexity index is 303. The molecule has 0 aliphatic heterocycles. The Balaban J connectivity index is 2.51. The lowest BCUT2D eigenvalue weighted by molar-refractivity contribution is 0.424. The molecule has 0 bridgehead atoms. The van der Waals surface area contributed by atoms with E-state index in [2.05, 4.69) is 18.8 Å². The number of nitrogens with zero attached hydrogens (tertiary/aromatic N) is 1. The van der Waals surface area contributed by atoms with Gasteiger partial charge in [0.2, 0.25) is 0 Å². The largest absolute Gasteiger partial charge is 0.229 e. The molecule has 0 N–H and O–H groups in total. The zero-order valence-electron chi connectivity index (χ0n) is 7.35. The van der Waals surface area contributed by atoms with E-state index in [0.717, 1.165) is 0 Å². The molecule has 0 saturated carbocycles. The molecule has 0 atom stereocenters. The fourth-order valence-corrected chi connectivity index (χ4v) is 3.20. The quantitative estimate of drug-likeness (QED) is 0.627. The van der Waals surface area contributed by atoms with Crippen LogP contribution in [0.25, 0.3) is 0 Å². The summed E-state index contributed by atoms with van der Waals surface area (Å²) in [4.78, 5) is 5.79. The van der Waals surface area contributed by atoms with Gasteiger partial charge in [-0.05, 0) is 19.3 Å². The minimum atomic E-state index is 0.247. The molecule has 0 spiro atoms. The number of aromatic nitrogens is 1. The first-order chi connectivity index (χ1) is 5.59. The first kappa shape index (κ1) is 8.52. The summed E-state index contributed by atoms with van der Waals surface area (Å²) >= 11 is 7.53. The Morgan fingerprint density at radius 3 is 2.92 bits per heavy atom. The lowest BCUT2D eigenvalue weighted by Gasteiger charge is -2.27. The summed E-state index contributed by atoms with van der Waals surface area (Å²) in [6.07, 6.45) is 3.68. The third kappa shape index (κ3) is 1.27. The summed E-state index contributed by atoms with van der Waals surface area (Å²) in [6.45, 7) is 4.50. The molecule has 1 aliphatic carbocycles. The molecule has 1 aromatic heterocycles. The maximum atomic E-state index is 5.89. The number of hydrogen-bond acceptors (Lipinski definition) is 2. The second-order valence-corrected chi connectivity index (χ2v) is 5.64. The normalized spacial score (nSPS) is 20.6. The van der Waals surface area contributed by atoms with Crippen molar-refractivity contribution in [2.75, 3.05) is 0 Å². The van der Waals surface area contributed by atoms with E-state index in [0.29, 0.717) is 4.47 Å². The van der Waals surface area contributed by atoms with E-state index in [1.54, 1.807) is 11.3 Å². The molecule has 0 aromatic carbocycles. The van der Waals surface area contributed by atoms with Crippen molar-refractivity contribution in [1.82, 2.24) is 4.98 Å². The van der Waals surface area contributed by atoms with Crippen molar-refractivity contribution in [2.45, 2.75) is 38.5 Å². The first-order valence-electron chi connectivity index (χ1n) is 4.25. The molecule has 0 unspecified atom stereocenters. The Hall–Kier alpha value is -0.0800. The highest BCUT2D eigenvalue weighted by Gasteiger charge is 2.30. The lowest BCUT2D eigenvalue weighted by atomic mass is 9.79. The van der Waals surface area contributed by atoms with E-state index in [-0.39, 0.29) is 5.41 Å². The van der Waals surface area contributed by atoms with Gasteiger partial charge in [0.15, 0.2) is 4.47 Å². The minimum absolute atomic E-state index is 0.247. The van der Waals surface area contributed by atoms with E-state index >= 15 is 0 Å². The van der Waals surface area contributed by atoms with E-state index in [9.17, 15) is 0 Å². The number of fused-ring (bicyclic) bond motifs is 1. The van der Waals surface area contributed by atoms with Crippen molar-refractivity contribution < 1.29 is 0 Å². The molecule has 0 amide bonds. The SMILES string of the molecule is CC1(C)CCCc2sc(Cl)nc21. The first-order valence-corrected chi connectivity index (χ1v) is 5.45. The van der Waals surface area contributed by atoms with E-state index < -0.39 is 0 Å². The van der Waals surface area contributed by atoms with Crippen LogP contribution in [0, 0.1) is 0 Å². The Labute approximate surface area is 81.8 Å². The van der Waals surface area contributed by atoms with Crippen molar-refractivity contribution >= 4 is 22.9 Å². The van der Waals surface area contributed by atoms with E-state index in [1.165, 1.54) is 29.8 Å². The maximum absolute atomic E-state index is 5.89. The van der Waals surface area contributed by atoms with Crippen molar-refractivity contribution in [2.24, 2.45) is 0 Å². The van der Waals surface area contributed by atoms with Gasteiger partial charge in [-0.15, -0.1) is 11.3 Å². The van der Waals surface area contributed by atoms with Crippen LogP contribution in [0.2, 0.25) is 4.47 Å². The Morgan fingerprint density at radius 1 is 1.50 bits per heavy atom. The molecule has 3 heteroatoms. The zero-order valence-corrected chi connectivity index (χ0v) is 8.93. The fourth-order valence-electron chi connectivity index (χ4n) is 1.83. The van der Waals surface area contributed by atoms with Gasteiger partial charge in [0.25, 0.3) is 0 Å². The predicted molar refractivity (Wildman–Crippen MR) is 53.1 cm³/mol. The summed E-state index contributed by atoms with van der Waals surface area (Å²) in [5.74, 6) is 0. The van der Waals surface area contributed by atoms with Crippen LogP contribution in [-0.4, -0.2) is 4.98 Å². The summed E-state index contributed by atoms with van der Waals surface area (Å²) < 4.78 is 0.704. The minimum Gasteiger partial charge on any atom is -0.229 e. The topological polar surface area (TPSA) is 12.9 Å². The van der Waals surface area contributed by atoms with Crippen molar-refractivity contribution in [3.63, 3.8) is 0 Å². The monoisotopic (exact) mass is 201 g/mol. The maximum Gasteiger partial charge on any atom is 0.184 e. The van der Waals surface area contributed by atoms with Gasteiger partial charge in [-0.3, -0.25) is 0 Å². The summed E-state index contributed by atoms with van der Waals surface area (Å²) in [6, 6.07) is 0. The van der Waals surface area contributed by atoms with Gasteiger partial charge in [-0.25, -0.2) is 4.98 Å². The molecular formula is C9H12ClNS. The van der Waals surface area contributed by atoms with Crippen LogP contribution in [0.5, 0.6) is 0 Å². The van der Waals surface area contributed by atoms with Gasteiger partial charge in [-0.2, -0.15) is 0 Å². The van der Waals surface area contributed by atoms with E-state index in [4.69, 9.17) is 11.6 Å². The van der Waals surface area contributed by atoms with Gasteiger partial charge in [0.05, 0.1) is 5.69 Å². The Morgan fingerprint density at radius 2 is 2.25 bits per heavy atom. The number of aryl methyl sites for hydroxylation is 1. The van der Waals surface area contributed by atoms with Crippen molar-refractivity contribution in [1.29, 1.82) is 0 Å². The Kier molecular flexibility index (Phi) is 1.92. The average molecular weight is 202 g/mol. The molecule has 1 aliphatic rings. The van der Waals surface area contributed by atoms with Crippen LogP contribution < -0.4 is 0 Å². The zero-order chi connectivity index (χ0) is 8.77. The molecule has 0 radical (unpaired) electrons. The molecule has 1 heterocycles. The molecule has 0 saturated heterocycles. The molecule has 0 fully saturated rings. The van der Waals surface area contributed by atoms with Crippen molar-refractivity contribution in [3.8, 4) is 0 Å². The van der Waals surface area contributed by atoms with Gasteiger partial charge in [-0.1, -0.05) is 25.4 Å². The molecule has 2 rings (SSSR count). The third-order valence-corrected chi connectivity index (χ3v) is 3.74. The van der Waals surface area contributed by atoms with Crippen LogP contribution in [0.4, 0.5) is 0 Å². The molecule has 1 nitrogen and oxygen atoms in total. The molecular weight excluding hydrogens is 190 g/mol. The average Bonchev–Trinajstić information content (AvgIpc) is 2.30. The van der Waals surface area contributed by atoms with Gasteiger partial charge in [0, 0.05) is 10.3 Å². The number of halogens is 1. The van der Waals surface area contributed by atoms with Crippen molar-refractivity contribution in [3.05, 3.63) is 15.0 Å². The number of rotatable bonds is 0. The fraction of sp³-hybridized carbons (Fsp3) is 0.667.